The summed E-state index contributed by atoms with van der Waals surface area (Å²) in [6, 6.07) is 11.4. The zero-order chi connectivity index (χ0) is 19.6. The SMILES string of the molecule is Cc1[nH]n(-c2cccc(C(=O)O)c2)c(=O)c1N=Nc1cccc([N+](=O)[O-])c1. The van der Waals surface area contributed by atoms with E-state index in [-0.39, 0.29) is 22.6 Å². The Bertz CT molecular complexity index is 1130. The molecule has 0 amide bonds. The van der Waals surface area contributed by atoms with Crippen LogP contribution in [0.1, 0.15) is 16.1 Å². The Labute approximate surface area is 151 Å². The van der Waals surface area contributed by atoms with Gasteiger partial charge in [0.2, 0.25) is 0 Å². The molecule has 0 saturated heterocycles. The number of nitrogens with zero attached hydrogens (tertiary/aromatic N) is 4. The van der Waals surface area contributed by atoms with E-state index >= 15 is 0 Å². The van der Waals surface area contributed by atoms with Crippen molar-refractivity contribution in [3.8, 4) is 5.69 Å². The Morgan fingerprint density at radius 2 is 1.93 bits per heavy atom. The fraction of sp³-hybridized carbons (Fsp3) is 0.0588. The molecule has 10 heteroatoms. The molecular weight excluding hydrogens is 354 g/mol. The molecule has 0 radical (unpaired) electrons. The Balaban J connectivity index is 1.98. The molecule has 2 N–H and O–H groups in total. The summed E-state index contributed by atoms with van der Waals surface area (Å²) in [6.45, 7) is 1.61. The maximum absolute atomic E-state index is 12.6. The van der Waals surface area contributed by atoms with E-state index in [9.17, 15) is 19.7 Å². The molecule has 0 bridgehead atoms. The molecule has 1 heterocycles. The number of hydrogen-bond donors (Lipinski definition) is 2. The lowest BCUT2D eigenvalue weighted by Crippen LogP contribution is -2.14. The van der Waals surface area contributed by atoms with Crippen molar-refractivity contribution in [3.05, 3.63) is 80.3 Å². The number of carboxylic acid groups (broad SMARTS) is 1. The second-order valence-corrected chi connectivity index (χ2v) is 5.56. The second kappa shape index (κ2) is 7.04. The van der Waals surface area contributed by atoms with Gasteiger partial charge in [-0.3, -0.25) is 20.0 Å². The van der Waals surface area contributed by atoms with Crippen LogP contribution in [0.5, 0.6) is 0 Å². The summed E-state index contributed by atoms with van der Waals surface area (Å²) >= 11 is 0. The first-order valence-electron chi connectivity index (χ1n) is 7.68. The largest absolute Gasteiger partial charge is 0.478 e. The predicted octanol–water partition coefficient (Wildman–Crippen LogP) is 3.50. The number of carboxylic acids is 1. The van der Waals surface area contributed by atoms with Crippen molar-refractivity contribution in [2.75, 3.05) is 0 Å². The minimum absolute atomic E-state index is 0.0160. The van der Waals surface area contributed by atoms with E-state index in [4.69, 9.17) is 5.11 Å². The summed E-state index contributed by atoms with van der Waals surface area (Å²) in [6.07, 6.45) is 0. The van der Waals surface area contributed by atoms with Gasteiger partial charge in [0.25, 0.3) is 11.2 Å². The maximum Gasteiger partial charge on any atom is 0.335 e. The lowest BCUT2D eigenvalue weighted by molar-refractivity contribution is -0.384. The smallest absolute Gasteiger partial charge is 0.335 e. The molecule has 0 spiro atoms. The Morgan fingerprint density at radius 3 is 2.63 bits per heavy atom. The maximum atomic E-state index is 12.6. The van der Waals surface area contributed by atoms with E-state index in [2.05, 4.69) is 15.3 Å². The first kappa shape index (κ1) is 17.7. The van der Waals surface area contributed by atoms with Crippen molar-refractivity contribution in [1.29, 1.82) is 0 Å². The molecule has 3 rings (SSSR count). The summed E-state index contributed by atoms with van der Waals surface area (Å²) in [5.74, 6) is -1.11. The van der Waals surface area contributed by atoms with Crippen LogP contribution in [0.2, 0.25) is 0 Å². The van der Waals surface area contributed by atoms with Crippen molar-refractivity contribution in [1.82, 2.24) is 9.78 Å². The summed E-state index contributed by atoms with van der Waals surface area (Å²) in [5, 5.41) is 30.5. The number of azo groups is 1. The number of aromatic carboxylic acids is 1. The second-order valence-electron chi connectivity index (χ2n) is 5.56. The lowest BCUT2D eigenvalue weighted by atomic mass is 10.2. The number of aromatic nitrogens is 2. The topological polar surface area (TPSA) is 143 Å². The molecule has 0 saturated carbocycles. The van der Waals surface area contributed by atoms with Gasteiger partial charge in [-0.1, -0.05) is 12.1 Å². The van der Waals surface area contributed by atoms with Crippen molar-refractivity contribution in [3.63, 3.8) is 0 Å². The molecule has 3 aromatic rings. The molecule has 136 valence electrons. The van der Waals surface area contributed by atoms with Crippen LogP contribution in [0, 0.1) is 17.0 Å². The molecule has 2 aromatic carbocycles. The summed E-state index contributed by atoms with van der Waals surface area (Å²) in [7, 11) is 0. The van der Waals surface area contributed by atoms with Crippen LogP contribution in [-0.4, -0.2) is 25.8 Å². The van der Waals surface area contributed by atoms with E-state index in [0.29, 0.717) is 11.4 Å². The van der Waals surface area contributed by atoms with Gasteiger partial charge in [-0.25, -0.2) is 9.48 Å². The van der Waals surface area contributed by atoms with E-state index in [0.717, 1.165) is 4.68 Å². The fourth-order valence-electron chi connectivity index (χ4n) is 2.39. The van der Waals surface area contributed by atoms with E-state index in [1.807, 2.05) is 0 Å². The van der Waals surface area contributed by atoms with Crippen LogP contribution in [0.25, 0.3) is 5.69 Å². The normalized spacial score (nSPS) is 11.0. The highest BCUT2D eigenvalue weighted by atomic mass is 16.6. The molecule has 0 aliphatic rings. The van der Waals surface area contributed by atoms with Gasteiger partial charge in [0.1, 0.15) is 0 Å². The van der Waals surface area contributed by atoms with Crippen LogP contribution in [0.3, 0.4) is 0 Å². The van der Waals surface area contributed by atoms with Crippen LogP contribution in [0.15, 0.2) is 63.6 Å². The number of H-pyrrole nitrogens is 1. The van der Waals surface area contributed by atoms with Crippen LogP contribution in [0.4, 0.5) is 17.1 Å². The molecular formula is C17H13N5O5. The Hall–Kier alpha value is -4.08. The molecule has 0 aliphatic heterocycles. The number of nitro groups is 1. The molecule has 1 aromatic heterocycles. The molecule has 0 fully saturated rings. The lowest BCUT2D eigenvalue weighted by Gasteiger charge is -2.02. The first-order valence-corrected chi connectivity index (χ1v) is 7.68. The van der Waals surface area contributed by atoms with Gasteiger partial charge < -0.3 is 5.11 Å². The summed E-state index contributed by atoms with van der Waals surface area (Å²) in [4.78, 5) is 33.9. The quantitative estimate of drug-likeness (QED) is 0.403. The summed E-state index contributed by atoms with van der Waals surface area (Å²) < 4.78 is 1.16. The predicted molar refractivity (Wildman–Crippen MR) is 95.4 cm³/mol. The first-order chi connectivity index (χ1) is 12.9. The zero-order valence-corrected chi connectivity index (χ0v) is 14.0. The van der Waals surface area contributed by atoms with Gasteiger partial charge in [0.05, 0.1) is 27.6 Å². The van der Waals surface area contributed by atoms with Gasteiger partial charge >= 0.3 is 5.97 Å². The Kier molecular flexibility index (Phi) is 4.62. The number of hydrogen-bond acceptors (Lipinski definition) is 6. The van der Waals surface area contributed by atoms with Crippen molar-refractivity contribution < 1.29 is 14.8 Å². The van der Waals surface area contributed by atoms with Gasteiger partial charge in [0.15, 0.2) is 5.69 Å². The zero-order valence-electron chi connectivity index (χ0n) is 14.0. The van der Waals surface area contributed by atoms with Crippen LogP contribution < -0.4 is 5.56 Å². The molecule has 0 unspecified atom stereocenters. The van der Waals surface area contributed by atoms with Crippen molar-refractivity contribution in [2.45, 2.75) is 6.92 Å². The number of aromatic amines is 1. The molecule has 27 heavy (non-hydrogen) atoms. The van der Waals surface area contributed by atoms with E-state index in [1.165, 1.54) is 42.5 Å². The number of non-ortho nitro benzene ring substituents is 1. The number of benzene rings is 2. The Morgan fingerprint density at radius 1 is 1.19 bits per heavy atom. The highest BCUT2D eigenvalue weighted by Crippen LogP contribution is 2.22. The molecule has 10 nitrogen and oxygen atoms in total. The third-order valence-electron chi connectivity index (χ3n) is 3.70. The third kappa shape index (κ3) is 3.63. The highest BCUT2D eigenvalue weighted by molar-refractivity contribution is 5.88. The number of aryl methyl sites for hydroxylation is 1. The third-order valence-corrected chi connectivity index (χ3v) is 3.70. The average molecular weight is 367 g/mol. The average Bonchev–Trinajstić information content (AvgIpc) is 2.94. The summed E-state index contributed by atoms with van der Waals surface area (Å²) in [5.41, 5.74) is 0.358. The number of carbonyl (C=O) groups is 1. The van der Waals surface area contributed by atoms with E-state index in [1.54, 1.807) is 13.0 Å². The fourth-order valence-corrected chi connectivity index (χ4v) is 2.39. The van der Waals surface area contributed by atoms with Gasteiger partial charge in [-0.2, -0.15) is 5.11 Å². The van der Waals surface area contributed by atoms with Gasteiger partial charge in [-0.15, -0.1) is 5.11 Å². The minimum Gasteiger partial charge on any atom is -0.478 e. The standard InChI is InChI=1S/C17H13N5O5/c1-10-15(19-18-12-5-3-7-14(9-12)22(26)27)16(23)21(20-10)13-6-2-4-11(8-13)17(24)25/h2-9,20H,1H3,(H,24,25). The van der Waals surface area contributed by atoms with Crippen LogP contribution >= 0.6 is 0 Å². The molecule has 0 atom stereocenters. The van der Waals surface area contributed by atoms with Gasteiger partial charge in [0, 0.05) is 12.1 Å². The number of nitro benzene ring substituents is 1. The highest BCUT2D eigenvalue weighted by Gasteiger charge is 2.14. The van der Waals surface area contributed by atoms with Crippen molar-refractivity contribution >= 4 is 23.0 Å². The monoisotopic (exact) mass is 367 g/mol. The molecule has 0 aliphatic carbocycles. The van der Waals surface area contributed by atoms with E-state index < -0.39 is 16.5 Å². The number of nitrogens with one attached hydrogen (secondary N) is 1. The van der Waals surface area contributed by atoms with Gasteiger partial charge in [-0.05, 0) is 31.2 Å². The minimum atomic E-state index is -1.11. The van der Waals surface area contributed by atoms with Crippen LogP contribution in [-0.2, 0) is 0 Å². The van der Waals surface area contributed by atoms with Crippen molar-refractivity contribution in [2.24, 2.45) is 10.2 Å². The number of rotatable bonds is 5.